The van der Waals surface area contributed by atoms with Gasteiger partial charge in [-0.2, -0.15) is 8.78 Å². The van der Waals surface area contributed by atoms with Crippen molar-refractivity contribution in [2.75, 3.05) is 23.3 Å². The Balaban J connectivity index is 2.40. The Labute approximate surface area is 160 Å². The smallest absolute Gasteiger partial charge is 0.283 e. The van der Waals surface area contributed by atoms with Crippen LogP contribution in [0.3, 0.4) is 0 Å². The third-order valence-electron chi connectivity index (χ3n) is 3.60. The Bertz CT molecular complexity index is 861. The van der Waals surface area contributed by atoms with Crippen molar-refractivity contribution in [3.05, 3.63) is 53.6 Å². The first-order valence-electron chi connectivity index (χ1n) is 7.71. The normalized spacial score (nSPS) is 12.5. The molecule has 0 saturated heterocycles. The Hall–Kier alpha value is -1.93. The molecule has 0 radical (unpaired) electrons. The summed E-state index contributed by atoms with van der Waals surface area (Å²) in [5.74, 6) is -0.345. The first-order valence-corrected chi connectivity index (χ1v) is 9.35. The molecule has 2 N–H and O–H groups in total. The lowest BCUT2D eigenvalue weighted by Gasteiger charge is -2.23. The van der Waals surface area contributed by atoms with Crippen LogP contribution in [-0.2, 0) is 26.5 Å². The standard InChI is InChI=1S/C17H19F2N2O4PS/c1-11-8-13(20-16(22)10-25-2)6-7-15(11)21(27(23)24)14-5-3-4-12(9-14)17(18,19)26/h3-9H,10,26H2,1-2H3,(H,20,22)(H,23,24). The van der Waals surface area contributed by atoms with Gasteiger partial charge >= 0.3 is 0 Å². The average molecular weight is 416 g/mol. The maximum atomic E-state index is 13.6. The SMILES string of the molecule is COCC(=O)Nc1ccc(N(c2cccc(C(F)(F)P)c2)S(=O)O)c(C)c1. The molecule has 27 heavy (non-hydrogen) atoms. The molecule has 0 fully saturated rings. The fraction of sp³-hybridized carbons (Fsp3) is 0.235. The van der Waals surface area contributed by atoms with Crippen molar-refractivity contribution in [2.45, 2.75) is 12.6 Å². The van der Waals surface area contributed by atoms with Crippen molar-refractivity contribution in [1.29, 1.82) is 0 Å². The largest absolute Gasteiger partial charge is 0.375 e. The number of benzene rings is 2. The van der Waals surface area contributed by atoms with E-state index in [0.717, 1.165) is 10.4 Å². The lowest BCUT2D eigenvalue weighted by molar-refractivity contribution is -0.119. The van der Waals surface area contributed by atoms with Crippen LogP contribution in [0.5, 0.6) is 0 Å². The second-order valence-electron chi connectivity index (χ2n) is 5.68. The van der Waals surface area contributed by atoms with Gasteiger partial charge in [0.15, 0.2) is 0 Å². The maximum Gasteiger partial charge on any atom is 0.283 e. The van der Waals surface area contributed by atoms with Gasteiger partial charge in [-0.25, -0.2) is 8.51 Å². The molecule has 6 nitrogen and oxygen atoms in total. The Kier molecular flexibility index (Phi) is 7.00. The molecular weight excluding hydrogens is 397 g/mol. The summed E-state index contributed by atoms with van der Waals surface area (Å²) in [5.41, 5.74) is -1.95. The van der Waals surface area contributed by atoms with Crippen LogP contribution < -0.4 is 9.62 Å². The van der Waals surface area contributed by atoms with E-state index in [2.05, 4.69) is 5.32 Å². The molecule has 2 atom stereocenters. The summed E-state index contributed by atoms with van der Waals surface area (Å²) in [6.45, 7) is 1.57. The predicted octanol–water partition coefficient (Wildman–Crippen LogP) is 3.78. The van der Waals surface area contributed by atoms with Crippen LogP contribution in [0.2, 0.25) is 0 Å². The van der Waals surface area contributed by atoms with E-state index in [-0.39, 0.29) is 23.8 Å². The fourth-order valence-corrected chi connectivity index (χ4v) is 3.29. The number of nitrogens with zero attached hydrogens (tertiary/aromatic N) is 1. The van der Waals surface area contributed by atoms with E-state index in [4.69, 9.17) is 4.74 Å². The van der Waals surface area contributed by atoms with Crippen LogP contribution in [0, 0.1) is 6.92 Å². The molecule has 2 unspecified atom stereocenters. The van der Waals surface area contributed by atoms with Crippen molar-refractivity contribution in [1.82, 2.24) is 0 Å². The van der Waals surface area contributed by atoms with Gasteiger partial charge in [-0.3, -0.25) is 9.35 Å². The van der Waals surface area contributed by atoms with Crippen LogP contribution in [0.15, 0.2) is 42.5 Å². The molecule has 2 rings (SSSR count). The van der Waals surface area contributed by atoms with Crippen molar-refractivity contribution in [2.24, 2.45) is 0 Å². The molecule has 0 aliphatic rings. The zero-order valence-electron chi connectivity index (χ0n) is 14.6. The van der Waals surface area contributed by atoms with Gasteiger partial charge in [-0.15, -0.1) is 0 Å². The zero-order valence-corrected chi connectivity index (χ0v) is 16.6. The van der Waals surface area contributed by atoms with Gasteiger partial charge in [0.1, 0.15) is 6.61 Å². The molecule has 0 bridgehead atoms. The maximum absolute atomic E-state index is 13.6. The molecule has 0 heterocycles. The Morgan fingerprint density at radius 1 is 1.33 bits per heavy atom. The summed E-state index contributed by atoms with van der Waals surface area (Å²) in [6, 6.07) is 9.90. The highest BCUT2D eigenvalue weighted by Gasteiger charge is 2.26. The molecule has 0 aliphatic carbocycles. The Morgan fingerprint density at radius 2 is 2.04 bits per heavy atom. The van der Waals surface area contributed by atoms with Gasteiger partial charge in [0, 0.05) is 18.4 Å². The summed E-state index contributed by atoms with van der Waals surface area (Å²) in [4.78, 5) is 11.6. The summed E-state index contributed by atoms with van der Waals surface area (Å²) < 4.78 is 54.6. The summed E-state index contributed by atoms with van der Waals surface area (Å²) >= 11 is -2.50. The van der Waals surface area contributed by atoms with Crippen LogP contribution in [0.1, 0.15) is 11.1 Å². The molecule has 10 heteroatoms. The molecule has 0 aromatic heterocycles. The molecule has 0 spiro atoms. The number of ether oxygens (including phenoxy) is 1. The minimum Gasteiger partial charge on any atom is -0.375 e. The second-order valence-corrected chi connectivity index (χ2v) is 7.23. The lowest BCUT2D eigenvalue weighted by Crippen LogP contribution is -2.21. The fourth-order valence-electron chi connectivity index (χ4n) is 2.44. The topological polar surface area (TPSA) is 78.9 Å². The van der Waals surface area contributed by atoms with Crippen molar-refractivity contribution < 1.29 is 27.1 Å². The lowest BCUT2D eigenvalue weighted by atomic mass is 10.1. The summed E-state index contributed by atoms with van der Waals surface area (Å²) in [6.07, 6.45) is 0. The number of anilines is 3. The highest BCUT2D eigenvalue weighted by molar-refractivity contribution is 7.81. The molecule has 1 amide bonds. The third-order valence-corrected chi connectivity index (χ3v) is 4.65. The monoisotopic (exact) mass is 416 g/mol. The number of carbonyl (C=O) groups is 1. The van der Waals surface area contributed by atoms with Crippen molar-refractivity contribution in [3.8, 4) is 0 Å². The van der Waals surface area contributed by atoms with E-state index in [1.165, 1.54) is 40.6 Å². The minimum absolute atomic E-state index is 0.108. The molecule has 0 saturated carbocycles. The van der Waals surface area contributed by atoms with E-state index < -0.39 is 16.9 Å². The number of nitrogens with one attached hydrogen (secondary N) is 1. The van der Waals surface area contributed by atoms with Crippen LogP contribution in [0.4, 0.5) is 25.8 Å². The number of aryl methyl sites for hydroxylation is 1. The van der Waals surface area contributed by atoms with E-state index in [9.17, 15) is 22.3 Å². The third kappa shape index (κ3) is 5.52. The van der Waals surface area contributed by atoms with Gasteiger partial charge in [0.25, 0.3) is 16.9 Å². The molecule has 0 aliphatic heterocycles. The van der Waals surface area contributed by atoms with Gasteiger partial charge < -0.3 is 10.1 Å². The summed E-state index contributed by atoms with van der Waals surface area (Å²) in [5, 5.41) is 2.63. The minimum atomic E-state index is -3.16. The number of methoxy groups -OCH3 is 1. The second kappa shape index (κ2) is 8.84. The van der Waals surface area contributed by atoms with Gasteiger partial charge in [0.05, 0.1) is 11.4 Å². The van der Waals surface area contributed by atoms with Crippen LogP contribution >= 0.6 is 9.24 Å². The van der Waals surface area contributed by atoms with Crippen LogP contribution in [0.25, 0.3) is 0 Å². The highest BCUT2D eigenvalue weighted by atomic mass is 32.2. The molecule has 146 valence electrons. The van der Waals surface area contributed by atoms with Gasteiger partial charge in [0.2, 0.25) is 5.91 Å². The Morgan fingerprint density at radius 3 is 2.59 bits per heavy atom. The number of alkyl halides is 2. The van der Waals surface area contributed by atoms with E-state index >= 15 is 0 Å². The number of carbonyl (C=O) groups excluding carboxylic acids is 1. The number of hydrogen-bond acceptors (Lipinski definition) is 3. The zero-order chi connectivity index (χ0) is 20.2. The van der Waals surface area contributed by atoms with Crippen molar-refractivity contribution >= 4 is 43.5 Å². The van der Waals surface area contributed by atoms with E-state index in [1.807, 2.05) is 0 Å². The molecule has 2 aromatic carbocycles. The highest BCUT2D eigenvalue weighted by Crippen LogP contribution is 2.38. The number of halogens is 2. The predicted molar refractivity (Wildman–Crippen MR) is 105 cm³/mol. The van der Waals surface area contributed by atoms with Crippen LogP contribution in [-0.4, -0.2) is 28.4 Å². The van der Waals surface area contributed by atoms with Gasteiger partial charge in [-0.05, 0) is 42.8 Å². The van der Waals surface area contributed by atoms with E-state index in [0.29, 0.717) is 16.9 Å². The molecular formula is C17H19F2N2O4PS. The van der Waals surface area contributed by atoms with Crippen molar-refractivity contribution in [3.63, 3.8) is 0 Å². The molecule has 2 aromatic rings. The number of rotatable bonds is 7. The van der Waals surface area contributed by atoms with E-state index in [1.54, 1.807) is 19.1 Å². The quantitative estimate of drug-likeness (QED) is 0.532. The first kappa shape index (κ1) is 21.4. The summed E-state index contributed by atoms with van der Waals surface area (Å²) in [7, 11) is 2.83. The first-order chi connectivity index (χ1) is 12.6. The average Bonchev–Trinajstić information content (AvgIpc) is 2.56. The number of hydrogen-bond donors (Lipinski definition) is 2. The number of amides is 1. The van der Waals surface area contributed by atoms with Gasteiger partial charge in [-0.1, -0.05) is 21.4 Å².